The van der Waals surface area contributed by atoms with Crippen LogP contribution in [-0.4, -0.2) is 82.9 Å². The molecule has 2 bridgehead atoms. The van der Waals surface area contributed by atoms with Crippen LogP contribution in [0.25, 0.3) is 0 Å². The molecule has 2 aliphatic rings. The smallest absolute Gasteiger partial charge is 0.314 e. The van der Waals surface area contributed by atoms with Crippen molar-refractivity contribution >= 4 is 11.8 Å². The van der Waals surface area contributed by atoms with Crippen molar-refractivity contribution in [3.63, 3.8) is 0 Å². The number of aromatic nitrogens is 3. The maximum absolute atomic E-state index is 12.6. The number of methoxy groups -OCH3 is 1. The Kier molecular flexibility index (Phi) is 3.73. The molecule has 120 valence electrons. The molecule has 1 aromatic heterocycles. The molecule has 0 spiro atoms. The molecule has 22 heavy (non-hydrogen) atoms. The molecule has 0 aliphatic carbocycles. The summed E-state index contributed by atoms with van der Waals surface area (Å²) in [5.74, 6) is -0.536. The van der Waals surface area contributed by atoms with Gasteiger partial charge in [-0.25, -0.2) is 4.68 Å². The van der Waals surface area contributed by atoms with E-state index in [1.807, 2.05) is 0 Å². The molecule has 0 radical (unpaired) electrons. The molecule has 0 unspecified atom stereocenters. The molecule has 9 heteroatoms. The van der Waals surface area contributed by atoms with Crippen molar-refractivity contribution in [2.75, 3.05) is 40.5 Å². The van der Waals surface area contributed by atoms with E-state index >= 15 is 0 Å². The van der Waals surface area contributed by atoms with Crippen molar-refractivity contribution in [2.24, 2.45) is 13.0 Å². The summed E-state index contributed by atoms with van der Waals surface area (Å²) in [6.45, 7) is 1.50. The van der Waals surface area contributed by atoms with Crippen molar-refractivity contribution < 1.29 is 19.1 Å². The van der Waals surface area contributed by atoms with Crippen LogP contribution in [0.2, 0.25) is 0 Å². The fourth-order valence-electron chi connectivity index (χ4n) is 2.84. The van der Waals surface area contributed by atoms with Crippen LogP contribution in [0.3, 0.4) is 0 Å². The van der Waals surface area contributed by atoms with Gasteiger partial charge in [0.2, 0.25) is 11.7 Å². The van der Waals surface area contributed by atoms with Gasteiger partial charge >= 0.3 is 6.01 Å². The number of hydrogen-bond donors (Lipinski definition) is 0. The van der Waals surface area contributed by atoms with Gasteiger partial charge in [-0.2, -0.15) is 4.98 Å². The van der Waals surface area contributed by atoms with Crippen molar-refractivity contribution in [2.45, 2.75) is 6.04 Å². The minimum Gasteiger partial charge on any atom is -0.467 e. The number of fused-ring (bicyclic) bond motifs is 3. The van der Waals surface area contributed by atoms with Crippen molar-refractivity contribution in [3.05, 3.63) is 5.82 Å². The maximum Gasteiger partial charge on any atom is 0.314 e. The molecule has 2 amide bonds. The second-order valence-electron chi connectivity index (χ2n) is 5.59. The van der Waals surface area contributed by atoms with Crippen molar-refractivity contribution in [1.29, 1.82) is 0 Å². The molecule has 0 N–H and O–H groups in total. The summed E-state index contributed by atoms with van der Waals surface area (Å²) in [6.07, 6.45) is 0. The Morgan fingerprint density at radius 3 is 2.77 bits per heavy atom. The number of nitrogens with zero attached hydrogens (tertiary/aromatic N) is 5. The number of amides is 2. The van der Waals surface area contributed by atoms with E-state index in [1.54, 1.807) is 23.9 Å². The molecule has 2 atom stereocenters. The third-order valence-corrected chi connectivity index (χ3v) is 4.13. The zero-order valence-corrected chi connectivity index (χ0v) is 12.9. The molecule has 3 rings (SSSR count). The quantitative estimate of drug-likeness (QED) is 0.678. The Balaban J connectivity index is 1.85. The minimum atomic E-state index is -0.341. The summed E-state index contributed by atoms with van der Waals surface area (Å²) in [6, 6.07) is 0.129. The zero-order valence-electron chi connectivity index (χ0n) is 12.9. The summed E-state index contributed by atoms with van der Waals surface area (Å²) < 4.78 is 12.0. The van der Waals surface area contributed by atoms with Crippen LogP contribution in [0.15, 0.2) is 0 Å². The standard InChI is InChI=1S/C13H19N5O4/c1-16-9-5-18(4-8(11(16)19)6-22-7-9)12(20)10-14-13(21-3)17(2)15-10/h8-9H,4-7H2,1-3H3/t8-,9+/m1/s1. The number of likely N-dealkylation sites (N-methyl/N-ethyl adjacent to an activating group) is 1. The number of aryl methyl sites for hydroxylation is 1. The van der Waals surface area contributed by atoms with Gasteiger partial charge in [0, 0.05) is 27.2 Å². The first-order chi connectivity index (χ1) is 10.5. The second kappa shape index (κ2) is 5.56. The third-order valence-electron chi connectivity index (χ3n) is 4.13. The highest BCUT2D eigenvalue weighted by Gasteiger charge is 2.39. The van der Waals surface area contributed by atoms with Gasteiger partial charge in [-0.1, -0.05) is 0 Å². The topological polar surface area (TPSA) is 89.8 Å². The zero-order chi connectivity index (χ0) is 15.9. The molecule has 0 saturated carbocycles. The summed E-state index contributed by atoms with van der Waals surface area (Å²) in [7, 11) is 4.88. The van der Waals surface area contributed by atoms with E-state index in [0.717, 1.165) is 0 Å². The predicted molar refractivity (Wildman–Crippen MR) is 74.3 cm³/mol. The largest absolute Gasteiger partial charge is 0.467 e. The molecule has 1 aromatic rings. The lowest BCUT2D eigenvalue weighted by molar-refractivity contribution is -0.133. The molecular formula is C13H19N5O4. The van der Waals surface area contributed by atoms with E-state index in [0.29, 0.717) is 26.3 Å². The first kappa shape index (κ1) is 14.8. The second-order valence-corrected chi connectivity index (χ2v) is 5.59. The first-order valence-electron chi connectivity index (χ1n) is 7.10. The highest BCUT2D eigenvalue weighted by Crippen LogP contribution is 2.21. The minimum absolute atomic E-state index is 0.0179. The fraction of sp³-hybridized carbons (Fsp3) is 0.692. The summed E-state index contributed by atoms with van der Waals surface area (Å²) in [5.41, 5.74) is 0. The van der Waals surface area contributed by atoms with Gasteiger partial charge in [0.1, 0.15) is 0 Å². The Bertz CT molecular complexity index is 601. The molecule has 9 nitrogen and oxygen atoms in total. The normalized spacial score (nSPS) is 25.1. The third kappa shape index (κ3) is 2.41. The number of carbonyl (C=O) groups excluding carboxylic acids is 2. The first-order valence-corrected chi connectivity index (χ1v) is 7.10. The van der Waals surface area contributed by atoms with Crippen LogP contribution in [0.4, 0.5) is 0 Å². The molecule has 2 fully saturated rings. The molecule has 3 heterocycles. The Labute approximate surface area is 127 Å². The Hall–Kier alpha value is -2.16. The van der Waals surface area contributed by atoms with E-state index < -0.39 is 0 Å². The van der Waals surface area contributed by atoms with Gasteiger partial charge in [0.15, 0.2) is 0 Å². The molecule has 0 aromatic carbocycles. The van der Waals surface area contributed by atoms with Crippen LogP contribution in [0.1, 0.15) is 10.6 Å². The van der Waals surface area contributed by atoms with Crippen LogP contribution in [-0.2, 0) is 16.6 Å². The molecule has 2 aliphatic heterocycles. The van der Waals surface area contributed by atoms with Gasteiger partial charge in [-0.15, -0.1) is 5.10 Å². The van der Waals surface area contributed by atoms with Gasteiger partial charge in [-0.3, -0.25) is 9.59 Å². The lowest BCUT2D eigenvalue weighted by atomic mass is 10.1. The maximum atomic E-state index is 12.6. The Morgan fingerprint density at radius 1 is 1.32 bits per heavy atom. The fourth-order valence-corrected chi connectivity index (χ4v) is 2.84. The average molecular weight is 309 g/mol. The van der Waals surface area contributed by atoms with Crippen molar-refractivity contribution in [1.82, 2.24) is 24.6 Å². The summed E-state index contributed by atoms with van der Waals surface area (Å²) in [4.78, 5) is 32.3. The summed E-state index contributed by atoms with van der Waals surface area (Å²) in [5, 5.41) is 4.08. The molecule has 2 saturated heterocycles. The number of carbonyl (C=O) groups is 2. The highest BCUT2D eigenvalue weighted by molar-refractivity contribution is 5.91. The number of hydrogen-bond acceptors (Lipinski definition) is 6. The Morgan fingerprint density at radius 2 is 2.09 bits per heavy atom. The van der Waals surface area contributed by atoms with Gasteiger partial charge in [0.05, 0.1) is 32.3 Å². The van der Waals surface area contributed by atoms with E-state index in [1.165, 1.54) is 11.8 Å². The van der Waals surface area contributed by atoms with Crippen LogP contribution in [0, 0.1) is 5.92 Å². The van der Waals surface area contributed by atoms with Crippen LogP contribution >= 0.6 is 0 Å². The average Bonchev–Trinajstić information content (AvgIpc) is 2.75. The van der Waals surface area contributed by atoms with E-state index in [9.17, 15) is 9.59 Å². The highest BCUT2D eigenvalue weighted by atomic mass is 16.5. The number of rotatable bonds is 2. The summed E-state index contributed by atoms with van der Waals surface area (Å²) >= 11 is 0. The van der Waals surface area contributed by atoms with Gasteiger partial charge < -0.3 is 19.3 Å². The molecular weight excluding hydrogens is 290 g/mol. The lowest BCUT2D eigenvalue weighted by Gasteiger charge is -2.28. The van der Waals surface area contributed by atoms with Gasteiger partial charge in [-0.05, 0) is 0 Å². The van der Waals surface area contributed by atoms with Crippen LogP contribution in [0.5, 0.6) is 6.01 Å². The monoisotopic (exact) mass is 309 g/mol. The SMILES string of the molecule is COc1nc(C(=O)N2C[C@@H]3COC[C@H](C2)N(C)C3=O)nn1C. The van der Waals surface area contributed by atoms with E-state index in [4.69, 9.17) is 9.47 Å². The van der Waals surface area contributed by atoms with E-state index in [2.05, 4.69) is 10.1 Å². The lowest BCUT2D eigenvalue weighted by Crippen LogP contribution is -2.45. The van der Waals surface area contributed by atoms with E-state index in [-0.39, 0.29) is 35.6 Å². The predicted octanol–water partition coefficient (Wildman–Crippen LogP) is -1.25. The number of ether oxygens (including phenoxy) is 2. The van der Waals surface area contributed by atoms with Crippen molar-refractivity contribution in [3.8, 4) is 6.01 Å². The van der Waals surface area contributed by atoms with Gasteiger partial charge in [0.25, 0.3) is 5.91 Å². The van der Waals surface area contributed by atoms with Crippen LogP contribution < -0.4 is 4.74 Å².